The van der Waals surface area contributed by atoms with Gasteiger partial charge in [0, 0.05) is 24.6 Å². The first-order chi connectivity index (χ1) is 8.77. The molecule has 2 nitrogen and oxygen atoms in total. The molecule has 1 saturated carbocycles. The molecular formula is C16H23NO. The second-order valence-corrected chi connectivity index (χ2v) is 6.19. The van der Waals surface area contributed by atoms with Crippen molar-refractivity contribution in [2.24, 2.45) is 5.41 Å². The first kappa shape index (κ1) is 12.0. The molecule has 0 saturated heterocycles. The van der Waals surface area contributed by atoms with Crippen LogP contribution in [0.5, 0.6) is 5.75 Å². The highest BCUT2D eigenvalue weighted by Gasteiger charge is 2.29. The molecule has 1 fully saturated rings. The molecule has 18 heavy (non-hydrogen) atoms. The molecule has 1 atom stereocenters. The molecule has 0 spiro atoms. The van der Waals surface area contributed by atoms with Gasteiger partial charge in [-0.1, -0.05) is 38.0 Å². The van der Waals surface area contributed by atoms with Gasteiger partial charge in [-0.25, -0.2) is 0 Å². The van der Waals surface area contributed by atoms with E-state index in [2.05, 4.69) is 30.4 Å². The van der Waals surface area contributed by atoms with Gasteiger partial charge in [-0.3, -0.25) is 0 Å². The first-order valence-corrected chi connectivity index (χ1v) is 7.19. The highest BCUT2D eigenvalue weighted by molar-refractivity contribution is 5.39. The largest absolute Gasteiger partial charge is 0.493 e. The van der Waals surface area contributed by atoms with E-state index in [0.29, 0.717) is 11.3 Å². The van der Waals surface area contributed by atoms with Crippen molar-refractivity contribution >= 4 is 0 Å². The summed E-state index contributed by atoms with van der Waals surface area (Å²) in [6.07, 6.45) is 5.59. The van der Waals surface area contributed by atoms with Crippen LogP contribution in [0.1, 0.15) is 44.1 Å². The number of nitrogens with one attached hydrogen (secondary N) is 1. The van der Waals surface area contributed by atoms with Crippen LogP contribution in [0.3, 0.4) is 0 Å². The molecule has 1 aromatic rings. The summed E-state index contributed by atoms with van der Waals surface area (Å²) < 4.78 is 5.72. The van der Waals surface area contributed by atoms with Gasteiger partial charge in [0.25, 0.3) is 0 Å². The summed E-state index contributed by atoms with van der Waals surface area (Å²) >= 11 is 0. The average Bonchev–Trinajstić information content (AvgIpc) is 2.97. The summed E-state index contributed by atoms with van der Waals surface area (Å²) in [5.74, 6) is 1.61. The molecule has 1 N–H and O–H groups in total. The minimum atomic E-state index is 0.534. The van der Waals surface area contributed by atoms with Crippen LogP contribution in [0.2, 0.25) is 0 Å². The normalized spacial score (nSPS) is 24.8. The Kier molecular flexibility index (Phi) is 3.29. The maximum Gasteiger partial charge on any atom is 0.122 e. The SMILES string of the molecule is CC1(CNCC2COc3ccccc32)CCCC1. The van der Waals surface area contributed by atoms with Gasteiger partial charge in [0.2, 0.25) is 0 Å². The molecule has 2 heteroatoms. The number of hydrogen-bond donors (Lipinski definition) is 1. The summed E-state index contributed by atoms with van der Waals surface area (Å²) in [5, 5.41) is 3.67. The molecular weight excluding hydrogens is 222 g/mol. The van der Waals surface area contributed by atoms with E-state index >= 15 is 0 Å². The number of rotatable bonds is 4. The summed E-state index contributed by atoms with van der Waals surface area (Å²) in [6, 6.07) is 8.44. The van der Waals surface area contributed by atoms with E-state index in [1.807, 2.05) is 6.07 Å². The Balaban J connectivity index is 1.53. The third kappa shape index (κ3) is 2.39. The Morgan fingerprint density at radius 1 is 1.28 bits per heavy atom. The lowest BCUT2D eigenvalue weighted by molar-refractivity contribution is 0.294. The second kappa shape index (κ2) is 4.93. The van der Waals surface area contributed by atoms with Gasteiger partial charge in [-0.2, -0.15) is 0 Å². The molecule has 0 amide bonds. The minimum Gasteiger partial charge on any atom is -0.493 e. The molecule has 1 aliphatic heterocycles. The monoisotopic (exact) mass is 245 g/mol. The Morgan fingerprint density at radius 3 is 2.89 bits per heavy atom. The summed E-state index contributed by atoms with van der Waals surface area (Å²) in [4.78, 5) is 0. The predicted octanol–water partition coefficient (Wildman–Crippen LogP) is 3.33. The van der Waals surface area contributed by atoms with Gasteiger partial charge in [-0.05, 0) is 24.3 Å². The fraction of sp³-hybridized carbons (Fsp3) is 0.625. The number of hydrogen-bond acceptors (Lipinski definition) is 2. The van der Waals surface area contributed by atoms with Crippen molar-refractivity contribution in [1.29, 1.82) is 0 Å². The quantitative estimate of drug-likeness (QED) is 0.878. The van der Waals surface area contributed by atoms with E-state index in [1.54, 1.807) is 0 Å². The predicted molar refractivity (Wildman–Crippen MR) is 74.1 cm³/mol. The van der Waals surface area contributed by atoms with Gasteiger partial charge in [0.05, 0.1) is 6.61 Å². The van der Waals surface area contributed by atoms with Gasteiger partial charge in [0.15, 0.2) is 0 Å². The molecule has 0 radical (unpaired) electrons. The van der Waals surface area contributed by atoms with Gasteiger partial charge < -0.3 is 10.1 Å². The summed E-state index contributed by atoms with van der Waals surface area (Å²) in [7, 11) is 0. The van der Waals surface area contributed by atoms with Crippen molar-refractivity contribution in [3.8, 4) is 5.75 Å². The topological polar surface area (TPSA) is 21.3 Å². The number of para-hydroxylation sites is 1. The maximum atomic E-state index is 5.72. The van der Waals surface area contributed by atoms with Gasteiger partial charge >= 0.3 is 0 Å². The zero-order valence-electron chi connectivity index (χ0n) is 11.2. The number of fused-ring (bicyclic) bond motifs is 1. The van der Waals surface area contributed by atoms with Crippen molar-refractivity contribution < 1.29 is 4.74 Å². The van der Waals surface area contributed by atoms with Crippen LogP contribution in [0.25, 0.3) is 0 Å². The number of ether oxygens (including phenoxy) is 1. The van der Waals surface area contributed by atoms with Crippen LogP contribution >= 0.6 is 0 Å². The zero-order chi connectivity index (χ0) is 12.4. The molecule has 1 unspecified atom stereocenters. The van der Waals surface area contributed by atoms with Gasteiger partial charge in [0.1, 0.15) is 5.75 Å². The lowest BCUT2D eigenvalue weighted by atomic mass is 9.88. The Bertz CT molecular complexity index is 409. The third-order valence-corrected chi connectivity index (χ3v) is 4.55. The van der Waals surface area contributed by atoms with E-state index < -0.39 is 0 Å². The maximum absolute atomic E-state index is 5.72. The molecule has 3 rings (SSSR count). The van der Waals surface area contributed by atoms with Crippen molar-refractivity contribution in [1.82, 2.24) is 5.32 Å². The van der Waals surface area contributed by atoms with E-state index in [-0.39, 0.29) is 0 Å². The Labute approximate surface area is 110 Å². The molecule has 0 bridgehead atoms. The van der Waals surface area contributed by atoms with Crippen LogP contribution in [0.15, 0.2) is 24.3 Å². The summed E-state index contributed by atoms with van der Waals surface area (Å²) in [5.41, 5.74) is 1.92. The van der Waals surface area contributed by atoms with Crippen LogP contribution in [0, 0.1) is 5.41 Å². The smallest absolute Gasteiger partial charge is 0.122 e. The van der Waals surface area contributed by atoms with Crippen LogP contribution in [0.4, 0.5) is 0 Å². The average molecular weight is 245 g/mol. The van der Waals surface area contributed by atoms with Crippen molar-refractivity contribution in [3.63, 3.8) is 0 Å². The Hall–Kier alpha value is -1.02. The standard InChI is InChI=1S/C16H23NO/c1-16(8-4-5-9-16)12-17-10-13-11-18-15-7-3-2-6-14(13)15/h2-3,6-7,13,17H,4-5,8-12H2,1H3. The molecule has 98 valence electrons. The third-order valence-electron chi connectivity index (χ3n) is 4.55. The summed E-state index contributed by atoms with van der Waals surface area (Å²) in [6.45, 7) is 5.47. The van der Waals surface area contributed by atoms with Crippen molar-refractivity contribution in [2.45, 2.75) is 38.5 Å². The first-order valence-electron chi connectivity index (χ1n) is 7.19. The van der Waals surface area contributed by atoms with Crippen molar-refractivity contribution in [3.05, 3.63) is 29.8 Å². The molecule has 1 aliphatic carbocycles. The molecule has 0 aromatic heterocycles. The lowest BCUT2D eigenvalue weighted by Gasteiger charge is -2.24. The lowest BCUT2D eigenvalue weighted by Crippen LogP contribution is -2.32. The van der Waals surface area contributed by atoms with Crippen LogP contribution in [-0.4, -0.2) is 19.7 Å². The highest BCUT2D eigenvalue weighted by Crippen LogP contribution is 2.37. The van der Waals surface area contributed by atoms with E-state index in [4.69, 9.17) is 4.74 Å². The number of benzene rings is 1. The fourth-order valence-corrected chi connectivity index (χ4v) is 3.35. The Morgan fingerprint density at radius 2 is 2.06 bits per heavy atom. The zero-order valence-corrected chi connectivity index (χ0v) is 11.2. The second-order valence-electron chi connectivity index (χ2n) is 6.19. The van der Waals surface area contributed by atoms with Crippen LogP contribution < -0.4 is 10.1 Å². The fourth-order valence-electron chi connectivity index (χ4n) is 3.35. The molecule has 2 aliphatic rings. The van der Waals surface area contributed by atoms with Gasteiger partial charge in [-0.15, -0.1) is 0 Å². The van der Waals surface area contributed by atoms with Crippen LogP contribution in [-0.2, 0) is 0 Å². The van der Waals surface area contributed by atoms with E-state index in [0.717, 1.165) is 25.4 Å². The minimum absolute atomic E-state index is 0.534. The molecule has 1 aromatic carbocycles. The van der Waals surface area contributed by atoms with E-state index in [1.165, 1.54) is 31.2 Å². The van der Waals surface area contributed by atoms with E-state index in [9.17, 15) is 0 Å². The molecule has 1 heterocycles. The highest BCUT2D eigenvalue weighted by atomic mass is 16.5. The van der Waals surface area contributed by atoms with Crippen molar-refractivity contribution in [2.75, 3.05) is 19.7 Å².